The summed E-state index contributed by atoms with van der Waals surface area (Å²) in [5.41, 5.74) is 0. The van der Waals surface area contributed by atoms with Crippen molar-refractivity contribution in [3.8, 4) is 0 Å². The molecule has 0 N–H and O–H groups in total. The molecule has 0 aromatic rings. The highest BCUT2D eigenvalue weighted by Crippen LogP contribution is 2.48. The van der Waals surface area contributed by atoms with Crippen molar-refractivity contribution in [1.29, 1.82) is 0 Å². The Balaban J connectivity index is 1.94. The van der Waals surface area contributed by atoms with Crippen LogP contribution in [0, 0.1) is 0 Å². The molecule has 16 heavy (non-hydrogen) atoms. The van der Waals surface area contributed by atoms with Gasteiger partial charge in [0.05, 0.1) is 13.2 Å². The standard InChI is InChI=1S/C10H14O4S2/c11-5-9(1-3-13-7-9)15-16-10(6-12)2-4-14-8-10/h5-6H,1-4,7-8H2. The fourth-order valence-corrected chi connectivity index (χ4v) is 4.67. The molecular formula is C10H14O4S2. The van der Waals surface area contributed by atoms with Crippen molar-refractivity contribution in [2.75, 3.05) is 26.4 Å². The largest absolute Gasteiger partial charge is 0.379 e. The molecule has 2 rings (SSSR count). The monoisotopic (exact) mass is 262 g/mol. The Hall–Kier alpha value is -0.0400. The van der Waals surface area contributed by atoms with Crippen molar-refractivity contribution in [2.45, 2.75) is 22.3 Å². The van der Waals surface area contributed by atoms with Crippen LogP contribution in [-0.2, 0) is 19.1 Å². The van der Waals surface area contributed by atoms with Crippen LogP contribution >= 0.6 is 21.6 Å². The number of hydrogen-bond acceptors (Lipinski definition) is 6. The first-order valence-corrected chi connectivity index (χ1v) is 7.34. The zero-order chi connectivity index (χ0) is 11.5. The van der Waals surface area contributed by atoms with E-state index in [1.165, 1.54) is 21.6 Å². The number of aldehydes is 2. The quantitative estimate of drug-likeness (QED) is 0.546. The highest BCUT2D eigenvalue weighted by Gasteiger charge is 2.42. The highest BCUT2D eigenvalue weighted by molar-refractivity contribution is 8.78. The number of rotatable bonds is 5. The Kier molecular flexibility index (Phi) is 3.94. The third-order valence-corrected chi connectivity index (χ3v) is 6.66. The summed E-state index contributed by atoms with van der Waals surface area (Å²) in [7, 11) is 2.93. The fraction of sp³-hybridized carbons (Fsp3) is 0.800. The minimum absolute atomic E-state index is 0.448. The summed E-state index contributed by atoms with van der Waals surface area (Å²) in [5, 5.41) is 0. The molecule has 0 amide bonds. The van der Waals surface area contributed by atoms with Crippen molar-refractivity contribution in [3.05, 3.63) is 0 Å². The van der Waals surface area contributed by atoms with Gasteiger partial charge in [0.2, 0.25) is 0 Å². The molecule has 6 heteroatoms. The van der Waals surface area contributed by atoms with Crippen molar-refractivity contribution >= 4 is 34.2 Å². The van der Waals surface area contributed by atoms with E-state index in [1.807, 2.05) is 0 Å². The number of hydrogen-bond donors (Lipinski definition) is 0. The maximum Gasteiger partial charge on any atom is 0.139 e. The Labute approximate surface area is 102 Å². The number of carbonyl (C=O) groups is 2. The molecular weight excluding hydrogens is 248 g/mol. The summed E-state index contributed by atoms with van der Waals surface area (Å²) in [6.45, 7) is 2.14. The fourth-order valence-electron chi connectivity index (χ4n) is 1.65. The molecule has 4 nitrogen and oxygen atoms in total. The third kappa shape index (κ3) is 2.45. The molecule has 0 spiro atoms. The topological polar surface area (TPSA) is 52.6 Å². The van der Waals surface area contributed by atoms with Gasteiger partial charge in [-0.3, -0.25) is 0 Å². The van der Waals surface area contributed by atoms with Gasteiger partial charge in [0.25, 0.3) is 0 Å². The van der Waals surface area contributed by atoms with Crippen molar-refractivity contribution in [3.63, 3.8) is 0 Å². The molecule has 0 aliphatic carbocycles. The average molecular weight is 262 g/mol. The molecule has 0 aromatic heterocycles. The third-order valence-electron chi connectivity index (χ3n) is 2.84. The Morgan fingerprint density at radius 3 is 1.56 bits per heavy atom. The van der Waals surface area contributed by atoms with Crippen LogP contribution in [0.3, 0.4) is 0 Å². The lowest BCUT2D eigenvalue weighted by Crippen LogP contribution is -2.30. The van der Waals surface area contributed by atoms with E-state index >= 15 is 0 Å². The summed E-state index contributed by atoms with van der Waals surface area (Å²) in [6.07, 6.45) is 3.35. The van der Waals surface area contributed by atoms with Gasteiger partial charge in [0, 0.05) is 13.2 Å². The van der Waals surface area contributed by atoms with Crippen molar-refractivity contribution in [1.82, 2.24) is 0 Å². The van der Waals surface area contributed by atoms with Crippen molar-refractivity contribution in [2.24, 2.45) is 0 Å². The minimum Gasteiger partial charge on any atom is -0.379 e. The van der Waals surface area contributed by atoms with Crippen molar-refractivity contribution < 1.29 is 19.1 Å². The summed E-state index contributed by atoms with van der Waals surface area (Å²) in [5.74, 6) is 0. The van der Waals surface area contributed by atoms with Gasteiger partial charge in [-0.2, -0.15) is 0 Å². The highest BCUT2D eigenvalue weighted by atomic mass is 33.1. The molecule has 2 atom stereocenters. The second kappa shape index (κ2) is 5.08. The Morgan fingerprint density at radius 2 is 1.31 bits per heavy atom. The second-order valence-corrected chi connectivity index (χ2v) is 7.10. The van der Waals surface area contributed by atoms with E-state index in [2.05, 4.69) is 0 Å². The van der Waals surface area contributed by atoms with Crippen LogP contribution < -0.4 is 0 Å². The zero-order valence-corrected chi connectivity index (χ0v) is 10.5. The van der Waals surface area contributed by atoms with Crippen LogP contribution in [0.15, 0.2) is 0 Å². The molecule has 2 fully saturated rings. The van der Waals surface area contributed by atoms with Crippen LogP contribution in [0.2, 0.25) is 0 Å². The van der Waals surface area contributed by atoms with Gasteiger partial charge >= 0.3 is 0 Å². The van der Waals surface area contributed by atoms with E-state index in [1.54, 1.807) is 0 Å². The summed E-state index contributed by atoms with van der Waals surface area (Å²) < 4.78 is 9.56. The van der Waals surface area contributed by atoms with Crippen LogP contribution in [-0.4, -0.2) is 48.5 Å². The summed E-state index contributed by atoms with van der Waals surface area (Å²) in [4.78, 5) is 22.2. The van der Waals surface area contributed by atoms with Gasteiger partial charge in [0.15, 0.2) is 0 Å². The maximum absolute atomic E-state index is 11.1. The molecule has 90 valence electrons. The van der Waals surface area contributed by atoms with Gasteiger partial charge < -0.3 is 19.1 Å². The van der Waals surface area contributed by atoms with Crippen LogP contribution in [0.4, 0.5) is 0 Å². The smallest absolute Gasteiger partial charge is 0.139 e. The van der Waals surface area contributed by atoms with Crippen LogP contribution in [0.5, 0.6) is 0 Å². The Morgan fingerprint density at radius 1 is 0.875 bits per heavy atom. The predicted octanol–water partition coefficient (Wildman–Crippen LogP) is 1.08. The molecule has 0 bridgehead atoms. The molecule has 2 unspecified atom stereocenters. The maximum atomic E-state index is 11.1. The lowest BCUT2D eigenvalue weighted by Gasteiger charge is -2.24. The normalized spacial score (nSPS) is 38.8. The SMILES string of the molecule is O=CC1(SSC2(C=O)CCOC2)CCOC1. The number of ether oxygens (including phenoxy) is 2. The van der Waals surface area contributed by atoms with E-state index in [4.69, 9.17) is 9.47 Å². The van der Waals surface area contributed by atoms with Gasteiger partial charge in [0.1, 0.15) is 22.1 Å². The Bertz CT molecular complexity index is 242. The zero-order valence-electron chi connectivity index (χ0n) is 8.85. The van der Waals surface area contributed by atoms with Gasteiger partial charge in [-0.05, 0) is 12.8 Å². The first-order chi connectivity index (χ1) is 7.74. The predicted molar refractivity (Wildman–Crippen MR) is 63.6 cm³/mol. The van der Waals surface area contributed by atoms with Gasteiger partial charge in [-0.25, -0.2) is 0 Å². The van der Waals surface area contributed by atoms with E-state index in [-0.39, 0.29) is 0 Å². The molecule has 0 aromatic carbocycles. The molecule has 0 radical (unpaired) electrons. The van der Waals surface area contributed by atoms with E-state index in [0.717, 1.165) is 25.4 Å². The number of carbonyl (C=O) groups excluding carboxylic acids is 2. The lowest BCUT2D eigenvalue weighted by molar-refractivity contribution is -0.110. The van der Waals surface area contributed by atoms with E-state index in [9.17, 15) is 9.59 Å². The first kappa shape index (κ1) is 12.4. The summed E-state index contributed by atoms with van der Waals surface area (Å²) >= 11 is 0. The minimum atomic E-state index is -0.469. The van der Waals surface area contributed by atoms with Gasteiger partial charge in [-0.1, -0.05) is 21.6 Å². The average Bonchev–Trinajstić information content (AvgIpc) is 2.97. The molecule has 0 saturated carbocycles. The lowest BCUT2D eigenvalue weighted by atomic mass is 10.1. The van der Waals surface area contributed by atoms with E-state index < -0.39 is 9.49 Å². The molecule has 2 heterocycles. The summed E-state index contributed by atoms with van der Waals surface area (Å²) in [6, 6.07) is 0. The molecule has 2 aliphatic rings. The molecule has 2 aliphatic heterocycles. The molecule has 2 saturated heterocycles. The second-order valence-electron chi connectivity index (χ2n) is 4.14. The van der Waals surface area contributed by atoms with Gasteiger partial charge in [-0.15, -0.1) is 0 Å². The van der Waals surface area contributed by atoms with E-state index in [0.29, 0.717) is 26.4 Å². The first-order valence-electron chi connectivity index (χ1n) is 5.19. The van der Waals surface area contributed by atoms with Crippen LogP contribution in [0.25, 0.3) is 0 Å². The van der Waals surface area contributed by atoms with Crippen LogP contribution in [0.1, 0.15) is 12.8 Å².